The van der Waals surface area contributed by atoms with Gasteiger partial charge in [0, 0.05) is 11.4 Å². The van der Waals surface area contributed by atoms with E-state index in [1.54, 1.807) is 0 Å². The summed E-state index contributed by atoms with van der Waals surface area (Å²) in [6.45, 7) is 2.32. The van der Waals surface area contributed by atoms with Crippen LogP contribution in [-0.4, -0.2) is 16.0 Å². The van der Waals surface area contributed by atoms with Crippen LogP contribution in [0.3, 0.4) is 0 Å². The number of nitrogens with zero attached hydrogens (tertiary/aromatic N) is 2. The fraction of sp³-hybridized carbons (Fsp3) is 0.467. The van der Waals surface area contributed by atoms with E-state index in [1.807, 2.05) is 24.3 Å². The Labute approximate surface area is 118 Å². The summed E-state index contributed by atoms with van der Waals surface area (Å²) in [4.78, 5) is 8.62. The predicted molar refractivity (Wildman–Crippen MR) is 79.6 cm³/mol. The van der Waals surface area contributed by atoms with Crippen LogP contribution in [0.4, 0.5) is 5.82 Å². The smallest absolute Gasteiger partial charge is 0.224 e. The molecular weight excluding hydrogens is 258 g/mol. The van der Waals surface area contributed by atoms with Gasteiger partial charge in [-0.1, -0.05) is 31.9 Å². The summed E-state index contributed by atoms with van der Waals surface area (Å²) in [6.07, 6.45) is 5.04. The number of halogens is 1. The van der Waals surface area contributed by atoms with Crippen LogP contribution in [-0.2, 0) is 0 Å². The van der Waals surface area contributed by atoms with Crippen LogP contribution in [0.25, 0.3) is 10.9 Å². The Hall–Kier alpha value is -1.35. The molecule has 2 aromatic rings. The highest BCUT2D eigenvalue weighted by Crippen LogP contribution is 2.28. The quantitative estimate of drug-likeness (QED) is 0.832. The van der Waals surface area contributed by atoms with Crippen LogP contribution in [0.1, 0.15) is 32.6 Å². The minimum Gasteiger partial charge on any atom is -0.367 e. The molecule has 1 N–H and O–H groups in total. The van der Waals surface area contributed by atoms with Gasteiger partial charge in [-0.3, -0.25) is 0 Å². The van der Waals surface area contributed by atoms with Gasteiger partial charge in [0.05, 0.1) is 5.52 Å². The summed E-state index contributed by atoms with van der Waals surface area (Å²) in [5.74, 6) is 1.66. The van der Waals surface area contributed by atoms with Crippen molar-refractivity contribution in [1.82, 2.24) is 9.97 Å². The van der Waals surface area contributed by atoms with Crippen molar-refractivity contribution >= 4 is 28.3 Å². The number of hydrogen-bond donors (Lipinski definition) is 1. The number of hydrogen-bond acceptors (Lipinski definition) is 3. The van der Waals surface area contributed by atoms with Gasteiger partial charge in [0.1, 0.15) is 5.82 Å². The molecule has 1 saturated carbocycles. The molecule has 3 nitrogen and oxygen atoms in total. The van der Waals surface area contributed by atoms with Gasteiger partial charge in [-0.25, -0.2) is 9.97 Å². The molecule has 2 atom stereocenters. The molecule has 1 aliphatic rings. The molecule has 0 saturated heterocycles. The molecule has 0 radical (unpaired) electrons. The molecule has 0 bridgehead atoms. The Balaban J connectivity index is 1.91. The van der Waals surface area contributed by atoms with Crippen molar-refractivity contribution in [3.63, 3.8) is 0 Å². The Morgan fingerprint density at radius 3 is 2.89 bits per heavy atom. The molecule has 0 spiro atoms. The lowest BCUT2D eigenvalue weighted by Crippen LogP contribution is -2.26. The van der Waals surface area contributed by atoms with Gasteiger partial charge in [-0.2, -0.15) is 0 Å². The molecule has 2 unspecified atom stereocenters. The first-order chi connectivity index (χ1) is 9.22. The molecule has 1 fully saturated rings. The Morgan fingerprint density at radius 1 is 1.21 bits per heavy atom. The van der Waals surface area contributed by atoms with Gasteiger partial charge in [-0.15, -0.1) is 0 Å². The molecule has 3 rings (SSSR count). The molecule has 100 valence electrons. The van der Waals surface area contributed by atoms with Gasteiger partial charge in [-0.05, 0) is 42.5 Å². The first-order valence-electron chi connectivity index (χ1n) is 6.91. The zero-order chi connectivity index (χ0) is 13.2. The molecule has 1 aliphatic carbocycles. The SMILES string of the molecule is CC1CCCC(Nc2nc(Cl)nc3ccccc23)C1. The lowest BCUT2D eigenvalue weighted by molar-refractivity contribution is 0.358. The van der Waals surface area contributed by atoms with E-state index < -0.39 is 0 Å². The van der Waals surface area contributed by atoms with E-state index >= 15 is 0 Å². The monoisotopic (exact) mass is 275 g/mol. The highest BCUT2D eigenvalue weighted by atomic mass is 35.5. The van der Waals surface area contributed by atoms with Crippen molar-refractivity contribution in [1.29, 1.82) is 0 Å². The van der Waals surface area contributed by atoms with E-state index in [0.717, 1.165) is 22.6 Å². The number of nitrogens with one attached hydrogen (secondary N) is 1. The molecular formula is C15H18ClN3. The lowest BCUT2D eigenvalue weighted by Gasteiger charge is -2.28. The van der Waals surface area contributed by atoms with Crippen LogP contribution >= 0.6 is 11.6 Å². The van der Waals surface area contributed by atoms with Crippen LogP contribution in [0.5, 0.6) is 0 Å². The van der Waals surface area contributed by atoms with E-state index in [-0.39, 0.29) is 0 Å². The fourth-order valence-corrected chi connectivity index (χ4v) is 3.09. The molecule has 0 aliphatic heterocycles. The summed E-state index contributed by atoms with van der Waals surface area (Å²) in [6, 6.07) is 8.49. The number of benzene rings is 1. The standard InChI is InChI=1S/C15H18ClN3/c1-10-5-4-6-11(9-10)17-14-12-7-2-3-8-13(12)18-15(16)19-14/h2-3,7-8,10-11H,4-6,9H2,1H3,(H,17,18,19). The third-order valence-corrected chi connectivity index (χ3v) is 4.02. The fourth-order valence-electron chi connectivity index (χ4n) is 2.92. The Bertz CT molecular complexity index is 585. The van der Waals surface area contributed by atoms with Crippen molar-refractivity contribution in [2.75, 3.05) is 5.32 Å². The molecule has 0 amide bonds. The lowest BCUT2D eigenvalue weighted by atomic mass is 9.87. The van der Waals surface area contributed by atoms with Crippen molar-refractivity contribution in [3.05, 3.63) is 29.5 Å². The number of fused-ring (bicyclic) bond motifs is 1. The third kappa shape index (κ3) is 2.81. The summed E-state index contributed by atoms with van der Waals surface area (Å²) >= 11 is 6.01. The van der Waals surface area contributed by atoms with Gasteiger partial charge in [0.25, 0.3) is 0 Å². The minimum absolute atomic E-state index is 0.310. The molecule has 4 heteroatoms. The van der Waals surface area contributed by atoms with E-state index in [1.165, 1.54) is 25.7 Å². The third-order valence-electron chi connectivity index (χ3n) is 3.85. The van der Waals surface area contributed by atoms with Crippen molar-refractivity contribution in [2.24, 2.45) is 5.92 Å². The molecule has 19 heavy (non-hydrogen) atoms. The van der Waals surface area contributed by atoms with E-state index in [4.69, 9.17) is 11.6 Å². The number of rotatable bonds is 2. The number of para-hydroxylation sites is 1. The predicted octanol–water partition coefficient (Wildman–Crippen LogP) is 4.27. The van der Waals surface area contributed by atoms with E-state index in [0.29, 0.717) is 11.3 Å². The average molecular weight is 276 g/mol. The van der Waals surface area contributed by atoms with Crippen molar-refractivity contribution in [3.8, 4) is 0 Å². The zero-order valence-corrected chi connectivity index (χ0v) is 11.8. The second-order valence-corrected chi connectivity index (χ2v) is 5.81. The second kappa shape index (κ2) is 5.33. The Kier molecular flexibility index (Phi) is 3.56. The maximum Gasteiger partial charge on any atom is 0.224 e. The summed E-state index contributed by atoms with van der Waals surface area (Å²) in [5.41, 5.74) is 0.897. The second-order valence-electron chi connectivity index (χ2n) is 5.47. The molecule has 1 aromatic heterocycles. The topological polar surface area (TPSA) is 37.8 Å². The van der Waals surface area contributed by atoms with Crippen LogP contribution in [0.2, 0.25) is 5.28 Å². The normalized spacial score (nSPS) is 23.5. The van der Waals surface area contributed by atoms with E-state index in [2.05, 4.69) is 22.2 Å². The number of aromatic nitrogens is 2. The summed E-state index contributed by atoms with van der Waals surface area (Å²) in [5, 5.41) is 4.92. The van der Waals surface area contributed by atoms with Crippen LogP contribution in [0, 0.1) is 5.92 Å². The summed E-state index contributed by atoms with van der Waals surface area (Å²) < 4.78 is 0. The first kappa shape index (κ1) is 12.7. The van der Waals surface area contributed by atoms with Crippen LogP contribution in [0.15, 0.2) is 24.3 Å². The van der Waals surface area contributed by atoms with Crippen molar-refractivity contribution in [2.45, 2.75) is 38.6 Å². The zero-order valence-electron chi connectivity index (χ0n) is 11.1. The Morgan fingerprint density at radius 2 is 2.05 bits per heavy atom. The maximum absolute atomic E-state index is 6.01. The van der Waals surface area contributed by atoms with Crippen LogP contribution < -0.4 is 5.32 Å². The maximum atomic E-state index is 6.01. The highest BCUT2D eigenvalue weighted by molar-refractivity contribution is 6.28. The van der Waals surface area contributed by atoms with Crippen molar-refractivity contribution < 1.29 is 0 Å². The summed E-state index contributed by atoms with van der Waals surface area (Å²) in [7, 11) is 0. The van der Waals surface area contributed by atoms with Gasteiger partial charge >= 0.3 is 0 Å². The molecule has 1 aromatic carbocycles. The highest BCUT2D eigenvalue weighted by Gasteiger charge is 2.20. The van der Waals surface area contributed by atoms with Gasteiger partial charge in [0.2, 0.25) is 5.28 Å². The minimum atomic E-state index is 0.310. The average Bonchev–Trinajstić information content (AvgIpc) is 2.38. The van der Waals surface area contributed by atoms with Gasteiger partial charge in [0.15, 0.2) is 0 Å². The van der Waals surface area contributed by atoms with Gasteiger partial charge < -0.3 is 5.32 Å². The molecule has 1 heterocycles. The number of anilines is 1. The largest absolute Gasteiger partial charge is 0.367 e. The first-order valence-corrected chi connectivity index (χ1v) is 7.29. The van der Waals surface area contributed by atoms with E-state index in [9.17, 15) is 0 Å².